The zero-order valence-electron chi connectivity index (χ0n) is 17.8. The van der Waals surface area contributed by atoms with E-state index >= 15 is 0 Å². The van der Waals surface area contributed by atoms with E-state index in [-0.39, 0.29) is 12.5 Å². The second kappa shape index (κ2) is 7.58. The van der Waals surface area contributed by atoms with Crippen LogP contribution in [-0.2, 0) is 33.3 Å². The zero-order chi connectivity index (χ0) is 21.7. The van der Waals surface area contributed by atoms with Crippen molar-refractivity contribution in [2.75, 3.05) is 11.9 Å². The van der Waals surface area contributed by atoms with Crippen LogP contribution in [0.25, 0.3) is 0 Å². The Morgan fingerprint density at radius 1 is 0.967 bits per heavy atom. The maximum Gasteiger partial charge on any atom is 0.252 e. The normalized spacial score (nSPS) is 33.4. The third kappa shape index (κ3) is 4.35. The van der Waals surface area contributed by atoms with Gasteiger partial charge < -0.3 is 34.3 Å². The Hall–Kier alpha value is -2.04. The molecule has 0 aliphatic carbocycles. The van der Waals surface area contributed by atoms with E-state index in [0.717, 1.165) is 5.56 Å². The molecule has 1 aromatic rings. The highest BCUT2D eigenvalue weighted by molar-refractivity contribution is 5.95. The fraction of sp³-hybridized carbons (Fsp3) is 0.619. The van der Waals surface area contributed by atoms with Crippen LogP contribution in [0.2, 0.25) is 0 Å². The Morgan fingerprint density at radius 2 is 1.63 bits per heavy atom. The fourth-order valence-electron chi connectivity index (χ4n) is 4.02. The van der Waals surface area contributed by atoms with Crippen molar-refractivity contribution in [2.24, 2.45) is 0 Å². The zero-order valence-corrected chi connectivity index (χ0v) is 17.8. The Morgan fingerprint density at radius 3 is 2.37 bits per heavy atom. The van der Waals surface area contributed by atoms with Gasteiger partial charge in [0, 0.05) is 5.69 Å². The Kier molecular flexibility index (Phi) is 5.36. The summed E-state index contributed by atoms with van der Waals surface area (Å²) in [5.41, 5.74) is 1.69. The lowest BCUT2D eigenvalue weighted by molar-refractivity contribution is -0.231. The highest BCUT2D eigenvalue weighted by Crippen LogP contribution is 2.44. The van der Waals surface area contributed by atoms with E-state index in [1.165, 1.54) is 0 Å². The second-order valence-electron chi connectivity index (χ2n) is 8.73. The van der Waals surface area contributed by atoms with Crippen molar-refractivity contribution >= 4 is 17.5 Å². The molecule has 0 aromatic heterocycles. The summed E-state index contributed by atoms with van der Waals surface area (Å²) in [4.78, 5) is 25.1. The van der Waals surface area contributed by atoms with Gasteiger partial charge in [0.2, 0.25) is 5.91 Å². The number of fused-ring (bicyclic) bond motifs is 3. The molecule has 0 bridgehead atoms. The van der Waals surface area contributed by atoms with Crippen LogP contribution in [0.1, 0.15) is 33.3 Å². The van der Waals surface area contributed by atoms with Crippen molar-refractivity contribution in [3.8, 4) is 0 Å². The van der Waals surface area contributed by atoms with Crippen LogP contribution >= 0.6 is 0 Å². The van der Waals surface area contributed by atoms with E-state index in [0.29, 0.717) is 5.69 Å². The van der Waals surface area contributed by atoms with Crippen molar-refractivity contribution in [1.29, 1.82) is 0 Å². The van der Waals surface area contributed by atoms with Crippen LogP contribution in [0.5, 0.6) is 0 Å². The van der Waals surface area contributed by atoms with Crippen molar-refractivity contribution in [1.82, 2.24) is 5.32 Å². The van der Waals surface area contributed by atoms with Gasteiger partial charge in [-0.25, -0.2) is 0 Å². The summed E-state index contributed by atoms with van der Waals surface area (Å²) in [6.45, 7) is 8.82. The first-order chi connectivity index (χ1) is 14.0. The molecule has 30 heavy (non-hydrogen) atoms. The minimum atomic E-state index is -0.998. The van der Waals surface area contributed by atoms with Crippen molar-refractivity contribution in [2.45, 2.75) is 76.9 Å². The van der Waals surface area contributed by atoms with Gasteiger partial charge in [-0.05, 0) is 52.3 Å². The number of nitrogens with one attached hydrogen (secondary N) is 2. The predicted octanol–water partition coefficient (Wildman–Crippen LogP) is 1.45. The van der Waals surface area contributed by atoms with Gasteiger partial charge in [-0.3, -0.25) is 9.59 Å². The number of amides is 2. The van der Waals surface area contributed by atoms with Crippen molar-refractivity contribution in [3.63, 3.8) is 0 Å². The average Bonchev–Trinajstić information content (AvgIpc) is 3.12. The minimum absolute atomic E-state index is 0.203. The molecule has 2 N–H and O–H groups in total. The molecule has 9 heteroatoms. The third-order valence-corrected chi connectivity index (χ3v) is 5.14. The average molecular weight is 420 g/mol. The molecule has 1 aromatic carbocycles. The molecule has 164 valence electrons. The lowest BCUT2D eigenvalue weighted by Gasteiger charge is -2.36. The lowest BCUT2D eigenvalue weighted by atomic mass is 9.98. The highest BCUT2D eigenvalue weighted by atomic mass is 16.9. The lowest BCUT2D eigenvalue weighted by Crippen LogP contribution is -2.59. The number of carbonyl (C=O) groups is 2. The van der Waals surface area contributed by atoms with Gasteiger partial charge in [-0.2, -0.15) is 0 Å². The second-order valence-corrected chi connectivity index (χ2v) is 8.73. The number of hydrogen-bond acceptors (Lipinski definition) is 7. The standard InChI is InChI=1S/C21H28N2O7/c1-11-7-6-8-12(9-11)23-13(24)10-22-18(25)16-14-15(28-20(2,3)27-14)17-19(26-16)30-21(4,5)29-17/h6-9,14-17,19H,10H2,1-5H3,(H,22,25)(H,23,24)/t14-,15+,16-,17-,19-/m1/s1. The summed E-state index contributed by atoms with van der Waals surface area (Å²) in [6.07, 6.45) is -3.49. The SMILES string of the molecule is Cc1cccc(NC(=O)CNC(=O)[C@@H]2O[C@@H]3OC(C)(C)O[C@@H]3[C@H]3OC(C)(C)O[C@H]32)c1. The number of carbonyl (C=O) groups excluding carboxylic acids is 2. The molecule has 3 aliphatic heterocycles. The minimum Gasteiger partial charge on any atom is -0.345 e. The largest absolute Gasteiger partial charge is 0.345 e. The predicted molar refractivity (Wildman–Crippen MR) is 105 cm³/mol. The summed E-state index contributed by atoms with van der Waals surface area (Å²) < 4.78 is 29.5. The third-order valence-electron chi connectivity index (χ3n) is 5.14. The maximum atomic E-state index is 12.9. The molecule has 4 rings (SSSR count). The van der Waals surface area contributed by atoms with Crippen LogP contribution in [0, 0.1) is 6.92 Å². The van der Waals surface area contributed by atoms with Gasteiger partial charge in [0.1, 0.15) is 18.3 Å². The highest BCUT2D eigenvalue weighted by Gasteiger charge is 2.62. The topological polar surface area (TPSA) is 104 Å². The molecule has 9 nitrogen and oxygen atoms in total. The summed E-state index contributed by atoms with van der Waals surface area (Å²) in [6, 6.07) is 7.41. The molecule has 0 spiro atoms. The summed E-state index contributed by atoms with van der Waals surface area (Å²) in [5, 5.41) is 5.37. The molecule has 0 unspecified atom stereocenters. The van der Waals surface area contributed by atoms with Gasteiger partial charge in [0.15, 0.2) is 24.0 Å². The monoisotopic (exact) mass is 420 g/mol. The van der Waals surface area contributed by atoms with Crippen LogP contribution in [0.3, 0.4) is 0 Å². The molecule has 0 radical (unpaired) electrons. The van der Waals surface area contributed by atoms with E-state index < -0.39 is 48.2 Å². The van der Waals surface area contributed by atoms with Gasteiger partial charge >= 0.3 is 0 Å². The molecular weight excluding hydrogens is 392 g/mol. The summed E-state index contributed by atoms with van der Waals surface area (Å²) in [5.74, 6) is -2.58. The first kappa shape index (κ1) is 21.2. The number of hydrogen-bond donors (Lipinski definition) is 2. The van der Waals surface area contributed by atoms with Gasteiger partial charge in [0.05, 0.1) is 6.54 Å². The van der Waals surface area contributed by atoms with E-state index in [9.17, 15) is 9.59 Å². The Bertz CT molecular complexity index is 840. The molecule has 5 atom stereocenters. The van der Waals surface area contributed by atoms with Gasteiger partial charge in [-0.1, -0.05) is 12.1 Å². The van der Waals surface area contributed by atoms with E-state index in [1.807, 2.05) is 25.1 Å². The van der Waals surface area contributed by atoms with Crippen molar-refractivity contribution < 1.29 is 33.3 Å². The van der Waals surface area contributed by atoms with Crippen molar-refractivity contribution in [3.05, 3.63) is 29.8 Å². The number of benzene rings is 1. The molecule has 3 aliphatic rings. The van der Waals surface area contributed by atoms with Crippen LogP contribution in [-0.4, -0.2) is 60.6 Å². The molecule has 3 fully saturated rings. The Labute approximate surface area is 175 Å². The molecule has 3 heterocycles. The van der Waals surface area contributed by atoms with E-state index in [2.05, 4.69) is 10.6 Å². The maximum absolute atomic E-state index is 12.9. The molecular formula is C21H28N2O7. The molecule has 3 saturated heterocycles. The number of aryl methyl sites for hydroxylation is 1. The first-order valence-corrected chi connectivity index (χ1v) is 10.0. The smallest absolute Gasteiger partial charge is 0.252 e. The van der Waals surface area contributed by atoms with E-state index in [4.69, 9.17) is 23.7 Å². The number of rotatable bonds is 4. The first-order valence-electron chi connectivity index (χ1n) is 10.0. The quantitative estimate of drug-likeness (QED) is 0.760. The molecule has 2 amide bonds. The van der Waals surface area contributed by atoms with Gasteiger partial charge in [-0.15, -0.1) is 0 Å². The number of ether oxygens (including phenoxy) is 5. The molecule has 0 saturated carbocycles. The Balaban J connectivity index is 1.41. The van der Waals surface area contributed by atoms with Crippen LogP contribution in [0.4, 0.5) is 5.69 Å². The van der Waals surface area contributed by atoms with E-state index in [1.54, 1.807) is 33.8 Å². The van der Waals surface area contributed by atoms with Gasteiger partial charge in [0.25, 0.3) is 5.91 Å². The summed E-state index contributed by atoms with van der Waals surface area (Å²) in [7, 11) is 0. The fourth-order valence-corrected chi connectivity index (χ4v) is 4.02. The van der Waals surface area contributed by atoms with Crippen LogP contribution < -0.4 is 10.6 Å². The van der Waals surface area contributed by atoms with Crippen LogP contribution in [0.15, 0.2) is 24.3 Å². The number of anilines is 1. The summed E-state index contributed by atoms with van der Waals surface area (Å²) >= 11 is 0.